The summed E-state index contributed by atoms with van der Waals surface area (Å²) >= 11 is 1.42. The first-order valence-electron chi connectivity index (χ1n) is 8.72. The molecule has 0 atom stereocenters. The molecular weight excluding hydrogens is 363 g/mol. The number of nitrogens with zero attached hydrogens (tertiary/aromatic N) is 1. The standard InChI is InChI=1S/C19H25BN2O4S/c1-18(2)19(3,4)26-20(25-18)13-11-16(17(24-6)21-12-13)27-22-14-7-9-15(23-5)10-8-14/h7-12,22H,1-6H3. The first-order chi connectivity index (χ1) is 12.8. The van der Waals surface area contributed by atoms with Crippen LogP contribution in [0.25, 0.3) is 0 Å². The first-order valence-corrected chi connectivity index (χ1v) is 9.54. The number of ether oxygens (including phenoxy) is 2. The fourth-order valence-electron chi connectivity index (χ4n) is 2.55. The molecule has 0 spiro atoms. The van der Waals surface area contributed by atoms with Crippen molar-refractivity contribution in [3.63, 3.8) is 0 Å². The highest BCUT2D eigenvalue weighted by atomic mass is 32.2. The summed E-state index contributed by atoms with van der Waals surface area (Å²) in [6.07, 6.45) is 1.73. The molecule has 0 saturated carbocycles. The Morgan fingerprint density at radius 1 is 1.00 bits per heavy atom. The van der Waals surface area contributed by atoms with Crippen LogP contribution in [0.5, 0.6) is 11.6 Å². The van der Waals surface area contributed by atoms with Crippen LogP contribution in [0.4, 0.5) is 5.69 Å². The van der Waals surface area contributed by atoms with Gasteiger partial charge in [-0.1, -0.05) is 0 Å². The van der Waals surface area contributed by atoms with E-state index in [2.05, 4.69) is 9.71 Å². The molecule has 1 aliphatic heterocycles. The molecule has 0 bridgehead atoms. The van der Waals surface area contributed by atoms with Gasteiger partial charge in [0, 0.05) is 17.3 Å². The molecule has 1 aliphatic rings. The third kappa shape index (κ3) is 4.18. The second-order valence-electron chi connectivity index (χ2n) is 7.30. The average molecular weight is 388 g/mol. The van der Waals surface area contributed by atoms with Crippen LogP contribution < -0.4 is 19.7 Å². The van der Waals surface area contributed by atoms with Gasteiger partial charge in [0.1, 0.15) is 5.75 Å². The Bertz CT molecular complexity index is 783. The van der Waals surface area contributed by atoms with Gasteiger partial charge >= 0.3 is 7.12 Å². The second kappa shape index (κ2) is 7.62. The van der Waals surface area contributed by atoms with E-state index in [1.54, 1.807) is 20.4 Å². The second-order valence-corrected chi connectivity index (χ2v) is 8.15. The van der Waals surface area contributed by atoms with Crippen LogP contribution in [0, 0.1) is 0 Å². The Kier molecular flexibility index (Phi) is 5.60. The maximum Gasteiger partial charge on any atom is 0.496 e. The topological polar surface area (TPSA) is 61.8 Å². The molecule has 3 rings (SSSR count). The lowest BCUT2D eigenvalue weighted by molar-refractivity contribution is 0.00578. The van der Waals surface area contributed by atoms with Crippen LogP contribution in [0.15, 0.2) is 41.4 Å². The van der Waals surface area contributed by atoms with Crippen LogP contribution in [-0.4, -0.2) is 37.5 Å². The Labute approximate surface area is 165 Å². The monoisotopic (exact) mass is 388 g/mol. The molecule has 27 heavy (non-hydrogen) atoms. The number of anilines is 1. The van der Waals surface area contributed by atoms with Gasteiger partial charge < -0.3 is 23.5 Å². The SMILES string of the molecule is COc1ccc(NSc2cc(B3OC(C)(C)C(C)(C)O3)cnc2OC)cc1. The summed E-state index contributed by atoms with van der Waals surface area (Å²) in [6.45, 7) is 8.13. The summed E-state index contributed by atoms with van der Waals surface area (Å²) in [5.41, 5.74) is 1.01. The van der Waals surface area contributed by atoms with Crippen LogP contribution in [0.3, 0.4) is 0 Å². The zero-order chi connectivity index (χ0) is 19.7. The molecule has 2 aromatic rings. The molecule has 8 heteroatoms. The number of pyridine rings is 1. The number of hydrogen-bond acceptors (Lipinski definition) is 7. The van der Waals surface area contributed by atoms with Gasteiger partial charge in [-0.25, -0.2) is 4.98 Å². The number of aromatic nitrogens is 1. The Morgan fingerprint density at radius 3 is 2.19 bits per heavy atom. The molecule has 1 N–H and O–H groups in total. The molecule has 144 valence electrons. The minimum absolute atomic E-state index is 0.397. The van der Waals surface area contributed by atoms with E-state index in [-0.39, 0.29) is 0 Å². The molecule has 0 amide bonds. The van der Waals surface area contributed by atoms with E-state index in [4.69, 9.17) is 18.8 Å². The number of rotatable bonds is 6. The summed E-state index contributed by atoms with van der Waals surface area (Å²) < 4.78 is 26.1. The van der Waals surface area contributed by atoms with Crippen molar-refractivity contribution in [2.75, 3.05) is 18.9 Å². The number of hydrogen-bond donors (Lipinski definition) is 1. The first kappa shape index (κ1) is 19.9. The molecule has 1 saturated heterocycles. The summed E-state index contributed by atoms with van der Waals surface area (Å²) in [6, 6.07) is 9.68. The minimum Gasteiger partial charge on any atom is -0.497 e. The largest absolute Gasteiger partial charge is 0.497 e. The molecule has 0 radical (unpaired) electrons. The summed E-state index contributed by atoms with van der Waals surface area (Å²) in [5, 5.41) is 0. The van der Waals surface area contributed by atoms with Crippen molar-refractivity contribution >= 4 is 30.2 Å². The van der Waals surface area contributed by atoms with Gasteiger partial charge in [-0.15, -0.1) is 0 Å². The maximum absolute atomic E-state index is 6.12. The lowest BCUT2D eigenvalue weighted by atomic mass is 9.80. The normalized spacial score (nSPS) is 17.6. The van der Waals surface area contributed by atoms with Crippen LogP contribution >= 0.6 is 11.9 Å². The minimum atomic E-state index is -0.464. The fraction of sp³-hybridized carbons (Fsp3) is 0.421. The summed E-state index contributed by atoms with van der Waals surface area (Å²) in [7, 11) is 2.79. The summed E-state index contributed by atoms with van der Waals surface area (Å²) in [4.78, 5) is 5.26. The van der Waals surface area contributed by atoms with Gasteiger partial charge in [-0.05, 0) is 70.0 Å². The van der Waals surface area contributed by atoms with Crippen LogP contribution in [-0.2, 0) is 9.31 Å². The zero-order valence-electron chi connectivity index (χ0n) is 16.5. The van der Waals surface area contributed by atoms with Crippen molar-refractivity contribution in [3.8, 4) is 11.6 Å². The van der Waals surface area contributed by atoms with E-state index in [1.807, 2.05) is 58.0 Å². The molecular formula is C19H25BN2O4S. The van der Waals surface area contributed by atoms with E-state index >= 15 is 0 Å². The van der Waals surface area contributed by atoms with E-state index in [1.165, 1.54) is 11.9 Å². The van der Waals surface area contributed by atoms with Gasteiger partial charge in [0.25, 0.3) is 0 Å². The lowest BCUT2D eigenvalue weighted by Crippen LogP contribution is -2.41. The number of methoxy groups -OCH3 is 2. The van der Waals surface area contributed by atoms with Crippen molar-refractivity contribution in [2.24, 2.45) is 0 Å². The quantitative estimate of drug-likeness (QED) is 0.600. The average Bonchev–Trinajstić information content (AvgIpc) is 2.87. The molecule has 0 aliphatic carbocycles. The van der Waals surface area contributed by atoms with Crippen molar-refractivity contribution in [3.05, 3.63) is 36.5 Å². The number of benzene rings is 1. The highest BCUT2D eigenvalue weighted by Gasteiger charge is 2.51. The van der Waals surface area contributed by atoms with Crippen molar-refractivity contribution in [2.45, 2.75) is 43.8 Å². The van der Waals surface area contributed by atoms with Gasteiger partial charge in [0.15, 0.2) is 0 Å². The predicted molar refractivity (Wildman–Crippen MR) is 109 cm³/mol. The third-order valence-electron chi connectivity index (χ3n) is 4.93. The third-order valence-corrected chi connectivity index (χ3v) is 5.78. The van der Waals surface area contributed by atoms with E-state index in [0.29, 0.717) is 5.88 Å². The highest BCUT2D eigenvalue weighted by Crippen LogP contribution is 2.37. The molecule has 0 unspecified atom stereocenters. The van der Waals surface area contributed by atoms with Crippen molar-refractivity contribution in [1.29, 1.82) is 0 Å². The van der Waals surface area contributed by atoms with E-state index in [0.717, 1.165) is 21.8 Å². The van der Waals surface area contributed by atoms with Gasteiger partial charge in [0.05, 0.1) is 30.3 Å². The Hall–Kier alpha value is -1.90. The smallest absolute Gasteiger partial charge is 0.496 e. The molecule has 1 aromatic heterocycles. The fourth-order valence-corrected chi connectivity index (χ4v) is 3.34. The van der Waals surface area contributed by atoms with Crippen molar-refractivity contribution < 1.29 is 18.8 Å². The highest BCUT2D eigenvalue weighted by molar-refractivity contribution is 8.00. The van der Waals surface area contributed by atoms with E-state index < -0.39 is 18.3 Å². The Morgan fingerprint density at radius 2 is 1.63 bits per heavy atom. The van der Waals surface area contributed by atoms with Gasteiger partial charge in [-0.2, -0.15) is 0 Å². The van der Waals surface area contributed by atoms with Crippen LogP contribution in [0.2, 0.25) is 0 Å². The van der Waals surface area contributed by atoms with Gasteiger partial charge in [0.2, 0.25) is 5.88 Å². The maximum atomic E-state index is 6.12. The molecule has 1 fully saturated rings. The predicted octanol–water partition coefficient (Wildman–Crippen LogP) is 3.52. The molecule has 2 heterocycles. The van der Waals surface area contributed by atoms with Gasteiger partial charge in [-0.3, -0.25) is 0 Å². The molecule has 1 aromatic carbocycles. The van der Waals surface area contributed by atoms with Crippen molar-refractivity contribution in [1.82, 2.24) is 4.98 Å². The van der Waals surface area contributed by atoms with Crippen LogP contribution in [0.1, 0.15) is 27.7 Å². The zero-order valence-corrected chi connectivity index (χ0v) is 17.3. The summed E-state index contributed by atoms with van der Waals surface area (Å²) in [5.74, 6) is 1.36. The number of nitrogens with one attached hydrogen (secondary N) is 1. The van der Waals surface area contributed by atoms with E-state index in [9.17, 15) is 0 Å². The Balaban J connectivity index is 1.77. The molecule has 6 nitrogen and oxygen atoms in total. The lowest BCUT2D eigenvalue weighted by Gasteiger charge is -2.32.